The highest BCUT2D eigenvalue weighted by Gasteiger charge is 2.18. The monoisotopic (exact) mass is 337 g/mol. The minimum atomic E-state index is -0.467. The Bertz CT molecular complexity index is 995. The lowest BCUT2D eigenvalue weighted by Crippen LogP contribution is -2.33. The number of aromatic nitrogens is 2. The van der Waals surface area contributed by atoms with Crippen LogP contribution in [0, 0.1) is 6.92 Å². The number of rotatable bonds is 4. The number of amides is 1. The average Bonchev–Trinajstić information content (AvgIpc) is 2.61. The molecule has 0 saturated carbocycles. The number of nitrogens with zero attached hydrogens (tertiary/aromatic N) is 2. The van der Waals surface area contributed by atoms with Crippen molar-refractivity contribution in [1.82, 2.24) is 14.7 Å². The maximum atomic E-state index is 12.6. The summed E-state index contributed by atoms with van der Waals surface area (Å²) in [5, 5.41) is 2.83. The maximum absolute atomic E-state index is 12.6. The molecule has 0 radical (unpaired) electrons. The Morgan fingerprint density at radius 2 is 2.04 bits per heavy atom. The van der Waals surface area contributed by atoms with Crippen LogP contribution in [0.5, 0.6) is 5.75 Å². The summed E-state index contributed by atoms with van der Waals surface area (Å²) in [6.07, 6.45) is 2.95. The standard InChI is InChI=1S/C19H19N3O3/c1-12-8-9-22-17(10-12)20-11-15(19(22)24)18(23)21-13(2)14-6-4-5-7-16(14)25-3/h4-11,13H,1-3H3,(H,21,23). The van der Waals surface area contributed by atoms with Crippen molar-refractivity contribution in [2.75, 3.05) is 7.11 Å². The smallest absolute Gasteiger partial charge is 0.270 e. The van der Waals surface area contributed by atoms with Crippen LogP contribution in [0.3, 0.4) is 0 Å². The molecule has 0 aliphatic rings. The molecule has 1 amide bonds. The number of carbonyl (C=O) groups excluding carboxylic acids is 1. The average molecular weight is 337 g/mol. The molecule has 1 aromatic carbocycles. The molecule has 25 heavy (non-hydrogen) atoms. The molecule has 1 N–H and O–H groups in total. The molecule has 0 aliphatic carbocycles. The van der Waals surface area contributed by atoms with Crippen LogP contribution >= 0.6 is 0 Å². The van der Waals surface area contributed by atoms with E-state index in [9.17, 15) is 9.59 Å². The van der Waals surface area contributed by atoms with Gasteiger partial charge in [-0.05, 0) is 37.6 Å². The highest BCUT2D eigenvalue weighted by atomic mass is 16.5. The lowest BCUT2D eigenvalue weighted by molar-refractivity contribution is 0.0937. The summed E-state index contributed by atoms with van der Waals surface area (Å²) in [4.78, 5) is 29.3. The highest BCUT2D eigenvalue weighted by molar-refractivity contribution is 5.94. The van der Waals surface area contributed by atoms with Crippen molar-refractivity contribution in [3.05, 3.63) is 75.8 Å². The predicted octanol–water partition coefficient (Wildman–Crippen LogP) is 2.50. The summed E-state index contributed by atoms with van der Waals surface area (Å²) >= 11 is 0. The fourth-order valence-electron chi connectivity index (χ4n) is 2.71. The zero-order valence-corrected chi connectivity index (χ0v) is 14.3. The molecule has 1 unspecified atom stereocenters. The second kappa shape index (κ2) is 6.76. The second-order valence-electron chi connectivity index (χ2n) is 5.85. The van der Waals surface area contributed by atoms with Gasteiger partial charge in [0.2, 0.25) is 0 Å². The Kier molecular flexibility index (Phi) is 4.52. The fraction of sp³-hybridized carbons (Fsp3) is 0.211. The van der Waals surface area contributed by atoms with Crippen molar-refractivity contribution >= 4 is 11.6 Å². The van der Waals surface area contributed by atoms with Crippen LogP contribution in [0.15, 0.2) is 53.6 Å². The summed E-state index contributed by atoms with van der Waals surface area (Å²) in [5.74, 6) is 0.213. The van der Waals surface area contributed by atoms with Crippen LogP contribution in [-0.2, 0) is 0 Å². The molecule has 2 aromatic heterocycles. The fourth-order valence-corrected chi connectivity index (χ4v) is 2.71. The third-order valence-corrected chi connectivity index (χ3v) is 4.06. The Morgan fingerprint density at radius 3 is 2.80 bits per heavy atom. The number of para-hydroxylation sites is 1. The third kappa shape index (κ3) is 3.24. The lowest BCUT2D eigenvalue weighted by Gasteiger charge is -2.17. The molecule has 0 spiro atoms. The lowest BCUT2D eigenvalue weighted by atomic mass is 10.1. The molecule has 0 aliphatic heterocycles. The number of hydrogen-bond donors (Lipinski definition) is 1. The van der Waals surface area contributed by atoms with E-state index in [1.165, 1.54) is 10.6 Å². The number of benzene rings is 1. The number of hydrogen-bond acceptors (Lipinski definition) is 4. The molecular weight excluding hydrogens is 318 g/mol. The van der Waals surface area contributed by atoms with E-state index in [1.807, 2.05) is 38.1 Å². The number of pyridine rings is 1. The van der Waals surface area contributed by atoms with Crippen molar-refractivity contribution in [3.63, 3.8) is 0 Å². The van der Waals surface area contributed by atoms with Gasteiger partial charge in [-0.25, -0.2) is 4.98 Å². The van der Waals surface area contributed by atoms with Gasteiger partial charge < -0.3 is 10.1 Å². The zero-order chi connectivity index (χ0) is 18.0. The Morgan fingerprint density at radius 1 is 1.28 bits per heavy atom. The van der Waals surface area contributed by atoms with Gasteiger partial charge in [0.15, 0.2) is 0 Å². The molecule has 3 aromatic rings. The topological polar surface area (TPSA) is 72.7 Å². The van der Waals surface area contributed by atoms with Gasteiger partial charge in [-0.2, -0.15) is 0 Å². The summed E-state index contributed by atoms with van der Waals surface area (Å²) in [6, 6.07) is 10.7. The van der Waals surface area contributed by atoms with Crippen LogP contribution < -0.4 is 15.6 Å². The van der Waals surface area contributed by atoms with E-state index in [1.54, 1.807) is 25.4 Å². The van der Waals surface area contributed by atoms with E-state index in [4.69, 9.17) is 4.74 Å². The molecule has 0 saturated heterocycles. The zero-order valence-electron chi connectivity index (χ0n) is 14.3. The molecule has 3 rings (SSSR count). The second-order valence-corrected chi connectivity index (χ2v) is 5.85. The number of fused-ring (bicyclic) bond motifs is 1. The van der Waals surface area contributed by atoms with E-state index >= 15 is 0 Å². The minimum absolute atomic E-state index is 0.00287. The Balaban J connectivity index is 1.91. The van der Waals surface area contributed by atoms with E-state index < -0.39 is 11.5 Å². The van der Waals surface area contributed by atoms with E-state index in [0.29, 0.717) is 11.4 Å². The van der Waals surface area contributed by atoms with E-state index in [-0.39, 0.29) is 11.6 Å². The minimum Gasteiger partial charge on any atom is -0.496 e. The maximum Gasteiger partial charge on any atom is 0.270 e. The summed E-state index contributed by atoms with van der Waals surface area (Å²) < 4.78 is 6.69. The molecule has 0 bridgehead atoms. The first-order valence-corrected chi connectivity index (χ1v) is 7.93. The molecule has 128 valence electrons. The van der Waals surface area contributed by atoms with Crippen molar-refractivity contribution < 1.29 is 9.53 Å². The van der Waals surface area contributed by atoms with Gasteiger partial charge in [0.25, 0.3) is 11.5 Å². The molecular formula is C19H19N3O3. The molecule has 1 atom stereocenters. The predicted molar refractivity (Wildman–Crippen MR) is 95.1 cm³/mol. The number of nitrogens with one attached hydrogen (secondary N) is 1. The van der Waals surface area contributed by atoms with Gasteiger partial charge >= 0.3 is 0 Å². The van der Waals surface area contributed by atoms with Gasteiger partial charge in [-0.15, -0.1) is 0 Å². The number of carbonyl (C=O) groups is 1. The summed E-state index contributed by atoms with van der Waals surface area (Å²) in [7, 11) is 1.58. The van der Waals surface area contributed by atoms with Crippen LogP contribution in [0.4, 0.5) is 0 Å². The van der Waals surface area contributed by atoms with Gasteiger partial charge in [0.1, 0.15) is 17.0 Å². The van der Waals surface area contributed by atoms with Crippen LogP contribution in [0.2, 0.25) is 0 Å². The van der Waals surface area contributed by atoms with Crippen molar-refractivity contribution in [2.45, 2.75) is 19.9 Å². The molecule has 6 nitrogen and oxygen atoms in total. The van der Waals surface area contributed by atoms with Gasteiger partial charge in [0, 0.05) is 18.0 Å². The highest BCUT2D eigenvalue weighted by Crippen LogP contribution is 2.24. The van der Waals surface area contributed by atoms with Crippen molar-refractivity contribution in [2.24, 2.45) is 0 Å². The normalized spacial score (nSPS) is 12.0. The van der Waals surface area contributed by atoms with Crippen molar-refractivity contribution in [1.29, 1.82) is 0 Å². The first-order chi connectivity index (χ1) is 12.0. The SMILES string of the molecule is COc1ccccc1C(C)NC(=O)c1cnc2cc(C)ccn2c1=O. The number of methoxy groups -OCH3 is 1. The quantitative estimate of drug-likeness (QED) is 0.794. The van der Waals surface area contributed by atoms with E-state index in [2.05, 4.69) is 10.3 Å². The third-order valence-electron chi connectivity index (χ3n) is 4.06. The van der Waals surface area contributed by atoms with Crippen LogP contribution in [0.25, 0.3) is 5.65 Å². The summed E-state index contributed by atoms with van der Waals surface area (Å²) in [5.41, 5.74) is 1.95. The van der Waals surface area contributed by atoms with Gasteiger partial charge in [-0.1, -0.05) is 18.2 Å². The first-order valence-electron chi connectivity index (χ1n) is 7.93. The van der Waals surface area contributed by atoms with E-state index in [0.717, 1.165) is 11.1 Å². The van der Waals surface area contributed by atoms with Crippen LogP contribution in [-0.4, -0.2) is 22.4 Å². The Labute approximate surface area is 145 Å². The van der Waals surface area contributed by atoms with Crippen LogP contribution in [0.1, 0.15) is 34.5 Å². The Hall–Kier alpha value is -3.15. The largest absolute Gasteiger partial charge is 0.496 e. The number of ether oxygens (including phenoxy) is 1. The van der Waals surface area contributed by atoms with Gasteiger partial charge in [-0.3, -0.25) is 14.0 Å². The first kappa shape index (κ1) is 16.7. The van der Waals surface area contributed by atoms with Crippen molar-refractivity contribution in [3.8, 4) is 5.75 Å². The molecule has 6 heteroatoms. The summed E-state index contributed by atoms with van der Waals surface area (Å²) in [6.45, 7) is 3.76. The molecule has 0 fully saturated rings. The molecule has 2 heterocycles. The van der Waals surface area contributed by atoms with Gasteiger partial charge in [0.05, 0.1) is 13.2 Å². The number of aryl methyl sites for hydroxylation is 1.